The lowest BCUT2D eigenvalue weighted by molar-refractivity contribution is 0.867. The highest BCUT2D eigenvalue weighted by Gasteiger charge is 2.12. The van der Waals surface area contributed by atoms with E-state index in [0.717, 1.165) is 47.4 Å². The van der Waals surface area contributed by atoms with Crippen molar-refractivity contribution < 1.29 is 0 Å². The molecule has 114 valence electrons. The molecule has 1 N–H and O–H groups in total. The second-order valence-electron chi connectivity index (χ2n) is 5.27. The Morgan fingerprint density at radius 1 is 0.864 bits per heavy atom. The molecule has 0 atom stereocenters. The lowest BCUT2D eigenvalue weighted by Gasteiger charge is -2.24. The summed E-state index contributed by atoms with van der Waals surface area (Å²) in [6.45, 7) is 9.30. The molecule has 0 aliphatic rings. The van der Waals surface area contributed by atoms with Crippen LogP contribution in [0.15, 0.2) is 36.4 Å². The van der Waals surface area contributed by atoms with Gasteiger partial charge in [0.2, 0.25) is 0 Å². The third kappa shape index (κ3) is 2.56. The maximum atomic E-state index is 4.77. The summed E-state index contributed by atoms with van der Waals surface area (Å²) in [6.07, 6.45) is 0. The topological polar surface area (TPSA) is 41.1 Å². The predicted octanol–water partition coefficient (Wildman–Crippen LogP) is 4.06. The van der Waals surface area contributed by atoms with E-state index in [0.29, 0.717) is 0 Å². The Bertz CT molecular complexity index is 794. The van der Waals surface area contributed by atoms with Gasteiger partial charge >= 0.3 is 0 Å². The molecule has 1 aromatic heterocycles. The molecule has 0 fully saturated rings. The van der Waals surface area contributed by atoms with Crippen LogP contribution in [0.3, 0.4) is 0 Å². The zero-order valence-corrected chi connectivity index (χ0v) is 13.4. The summed E-state index contributed by atoms with van der Waals surface area (Å²) in [6, 6.07) is 12.3. The van der Waals surface area contributed by atoms with Crippen molar-refractivity contribution in [1.82, 2.24) is 9.97 Å². The van der Waals surface area contributed by atoms with Crippen LogP contribution in [0.25, 0.3) is 22.1 Å². The standard InChI is InChI=1S/C18H22N4/c1-4-19-17-11-15-16(12-18(17)22(5-2)6-3)21-14-10-8-7-9-13(14)20-15/h7-12,19H,4-6H2,1-3H3. The maximum Gasteiger partial charge on any atom is 0.0916 e. The summed E-state index contributed by atoms with van der Waals surface area (Å²) in [7, 11) is 0. The van der Waals surface area contributed by atoms with E-state index >= 15 is 0 Å². The number of nitrogens with one attached hydrogen (secondary N) is 1. The van der Waals surface area contributed by atoms with Gasteiger partial charge in [-0.1, -0.05) is 12.1 Å². The molecular formula is C18H22N4. The van der Waals surface area contributed by atoms with Crippen LogP contribution in [0.5, 0.6) is 0 Å². The van der Waals surface area contributed by atoms with Gasteiger partial charge in [-0.3, -0.25) is 0 Å². The van der Waals surface area contributed by atoms with Gasteiger partial charge in [-0.2, -0.15) is 0 Å². The first-order valence-corrected chi connectivity index (χ1v) is 7.96. The van der Waals surface area contributed by atoms with E-state index in [2.05, 4.69) is 43.1 Å². The van der Waals surface area contributed by atoms with Crippen molar-refractivity contribution in [2.24, 2.45) is 0 Å². The summed E-state index contributed by atoms with van der Waals surface area (Å²) in [5.74, 6) is 0. The Kier molecular flexibility index (Phi) is 4.09. The minimum Gasteiger partial charge on any atom is -0.384 e. The third-order valence-corrected chi connectivity index (χ3v) is 3.93. The van der Waals surface area contributed by atoms with Crippen molar-refractivity contribution in [1.29, 1.82) is 0 Å². The Hall–Kier alpha value is -2.36. The Balaban J connectivity index is 2.24. The van der Waals surface area contributed by atoms with Crippen molar-refractivity contribution in [3.63, 3.8) is 0 Å². The van der Waals surface area contributed by atoms with E-state index in [4.69, 9.17) is 9.97 Å². The van der Waals surface area contributed by atoms with Gasteiger partial charge in [0.25, 0.3) is 0 Å². The van der Waals surface area contributed by atoms with Crippen LogP contribution >= 0.6 is 0 Å². The van der Waals surface area contributed by atoms with Gasteiger partial charge in [0.1, 0.15) is 0 Å². The van der Waals surface area contributed by atoms with E-state index < -0.39 is 0 Å². The Morgan fingerprint density at radius 2 is 1.45 bits per heavy atom. The Morgan fingerprint density at radius 3 is 2.00 bits per heavy atom. The monoisotopic (exact) mass is 294 g/mol. The molecule has 0 unspecified atom stereocenters. The fraction of sp³-hybridized carbons (Fsp3) is 0.333. The fourth-order valence-corrected chi connectivity index (χ4v) is 2.82. The summed E-state index contributed by atoms with van der Waals surface area (Å²) < 4.78 is 0. The molecule has 0 aliphatic heterocycles. The highest BCUT2D eigenvalue weighted by atomic mass is 15.1. The molecule has 3 rings (SSSR count). The van der Waals surface area contributed by atoms with Crippen molar-refractivity contribution in [3.8, 4) is 0 Å². The van der Waals surface area contributed by atoms with Gasteiger partial charge < -0.3 is 10.2 Å². The highest BCUT2D eigenvalue weighted by molar-refractivity contribution is 5.92. The molecular weight excluding hydrogens is 272 g/mol. The minimum absolute atomic E-state index is 0.890. The van der Waals surface area contributed by atoms with Crippen molar-refractivity contribution in [2.75, 3.05) is 29.9 Å². The first kappa shape index (κ1) is 14.6. The molecule has 4 heteroatoms. The zero-order valence-electron chi connectivity index (χ0n) is 13.4. The van der Waals surface area contributed by atoms with Gasteiger partial charge in [0.15, 0.2) is 0 Å². The van der Waals surface area contributed by atoms with Crippen LogP contribution < -0.4 is 10.2 Å². The highest BCUT2D eigenvalue weighted by Crippen LogP contribution is 2.30. The number of anilines is 2. The zero-order chi connectivity index (χ0) is 15.5. The molecule has 0 saturated heterocycles. The lowest BCUT2D eigenvalue weighted by Crippen LogP contribution is -2.23. The van der Waals surface area contributed by atoms with Gasteiger partial charge in [0.05, 0.1) is 33.4 Å². The van der Waals surface area contributed by atoms with Gasteiger partial charge in [0, 0.05) is 19.6 Å². The molecule has 4 nitrogen and oxygen atoms in total. The molecule has 0 amide bonds. The number of fused-ring (bicyclic) bond motifs is 2. The van der Waals surface area contributed by atoms with Gasteiger partial charge in [-0.15, -0.1) is 0 Å². The Labute approximate surface area is 131 Å². The summed E-state index contributed by atoms with van der Waals surface area (Å²) in [4.78, 5) is 11.9. The van der Waals surface area contributed by atoms with E-state index in [-0.39, 0.29) is 0 Å². The molecule has 0 spiro atoms. The normalized spacial score (nSPS) is 11.0. The van der Waals surface area contributed by atoms with Crippen molar-refractivity contribution in [3.05, 3.63) is 36.4 Å². The number of nitrogens with zero attached hydrogens (tertiary/aromatic N) is 3. The smallest absolute Gasteiger partial charge is 0.0916 e. The van der Waals surface area contributed by atoms with Gasteiger partial charge in [-0.25, -0.2) is 9.97 Å². The van der Waals surface area contributed by atoms with Crippen LogP contribution in [0.4, 0.5) is 11.4 Å². The number of para-hydroxylation sites is 2. The molecule has 0 saturated carbocycles. The molecule has 1 heterocycles. The number of rotatable bonds is 5. The van der Waals surface area contributed by atoms with Crippen molar-refractivity contribution >= 4 is 33.4 Å². The van der Waals surface area contributed by atoms with Crippen LogP contribution in [-0.4, -0.2) is 29.6 Å². The van der Waals surface area contributed by atoms with E-state index in [9.17, 15) is 0 Å². The van der Waals surface area contributed by atoms with Gasteiger partial charge in [-0.05, 0) is 45.0 Å². The fourth-order valence-electron chi connectivity index (χ4n) is 2.82. The summed E-state index contributed by atoms with van der Waals surface area (Å²) >= 11 is 0. The number of aromatic nitrogens is 2. The molecule has 22 heavy (non-hydrogen) atoms. The molecule has 2 aromatic carbocycles. The molecule has 0 bridgehead atoms. The maximum absolute atomic E-state index is 4.77. The second kappa shape index (κ2) is 6.18. The van der Waals surface area contributed by atoms with Crippen molar-refractivity contribution in [2.45, 2.75) is 20.8 Å². The number of hydrogen-bond donors (Lipinski definition) is 1. The van der Waals surface area contributed by atoms with E-state index in [1.807, 2.05) is 24.3 Å². The number of benzene rings is 2. The molecule has 3 aromatic rings. The molecule has 0 aliphatic carbocycles. The van der Waals surface area contributed by atoms with E-state index in [1.54, 1.807) is 0 Å². The molecule has 0 radical (unpaired) electrons. The first-order valence-electron chi connectivity index (χ1n) is 7.96. The summed E-state index contributed by atoms with van der Waals surface area (Å²) in [5.41, 5.74) is 6.09. The van der Waals surface area contributed by atoms with Crippen LogP contribution in [0.2, 0.25) is 0 Å². The first-order chi connectivity index (χ1) is 10.8. The third-order valence-electron chi connectivity index (χ3n) is 3.93. The minimum atomic E-state index is 0.890. The van der Waals surface area contributed by atoms with E-state index in [1.165, 1.54) is 5.69 Å². The quantitative estimate of drug-likeness (QED) is 0.720. The summed E-state index contributed by atoms with van der Waals surface area (Å²) in [5, 5.41) is 3.46. The van der Waals surface area contributed by atoms with Crippen LogP contribution in [0, 0.1) is 0 Å². The second-order valence-corrected chi connectivity index (χ2v) is 5.27. The predicted molar refractivity (Wildman–Crippen MR) is 94.8 cm³/mol. The SMILES string of the molecule is CCNc1cc2nc3ccccc3nc2cc1N(CC)CC. The average Bonchev–Trinajstić information content (AvgIpc) is 2.54. The average molecular weight is 294 g/mol. The largest absolute Gasteiger partial charge is 0.384 e. The number of hydrogen-bond acceptors (Lipinski definition) is 4. The van der Waals surface area contributed by atoms with Crippen LogP contribution in [-0.2, 0) is 0 Å². The lowest BCUT2D eigenvalue weighted by atomic mass is 10.2. The van der Waals surface area contributed by atoms with Crippen LogP contribution in [0.1, 0.15) is 20.8 Å².